The van der Waals surface area contributed by atoms with E-state index in [2.05, 4.69) is 10.4 Å². The molecule has 0 aliphatic heterocycles. The number of hydrogen-bond acceptors (Lipinski definition) is 2. The number of nitrogens with one attached hydrogen (secondary N) is 1. The van der Waals surface area contributed by atoms with Gasteiger partial charge in [0.1, 0.15) is 0 Å². The number of nitrogens with zero attached hydrogens (tertiary/aromatic N) is 2. The standard InChI is InChI=1S/C7H11N3S/c1-5-4-6(2)10(9-5)7(11)8-3/h4H,1-3H3,(H,8,11). The summed E-state index contributed by atoms with van der Waals surface area (Å²) in [6.45, 7) is 3.92. The molecule has 1 heterocycles. The Kier molecular flexibility index (Phi) is 2.24. The minimum absolute atomic E-state index is 0.635. The van der Waals surface area contributed by atoms with E-state index in [1.54, 1.807) is 11.7 Å². The van der Waals surface area contributed by atoms with E-state index in [1.165, 1.54) is 0 Å². The molecule has 0 bridgehead atoms. The van der Waals surface area contributed by atoms with Gasteiger partial charge in [-0.2, -0.15) is 5.10 Å². The first kappa shape index (κ1) is 8.20. The monoisotopic (exact) mass is 169 g/mol. The van der Waals surface area contributed by atoms with Crippen LogP contribution in [0.1, 0.15) is 11.4 Å². The third kappa shape index (κ3) is 1.57. The molecule has 0 aliphatic carbocycles. The van der Waals surface area contributed by atoms with Crippen molar-refractivity contribution in [3.05, 3.63) is 17.5 Å². The van der Waals surface area contributed by atoms with E-state index >= 15 is 0 Å². The number of aryl methyl sites for hydroxylation is 2. The fourth-order valence-corrected chi connectivity index (χ4v) is 1.13. The maximum atomic E-state index is 5.01. The summed E-state index contributed by atoms with van der Waals surface area (Å²) in [5.74, 6) is 0. The van der Waals surface area contributed by atoms with Crippen LogP contribution in [-0.2, 0) is 0 Å². The summed E-state index contributed by atoms with van der Waals surface area (Å²) in [7, 11) is 1.79. The Bertz CT molecular complexity index is 277. The summed E-state index contributed by atoms with van der Waals surface area (Å²) in [6.07, 6.45) is 0. The van der Waals surface area contributed by atoms with Crippen LogP contribution in [0.4, 0.5) is 0 Å². The maximum Gasteiger partial charge on any atom is 0.193 e. The number of hydrogen-bond donors (Lipinski definition) is 1. The van der Waals surface area contributed by atoms with E-state index < -0.39 is 0 Å². The molecule has 0 amide bonds. The summed E-state index contributed by atoms with van der Waals surface area (Å²) >= 11 is 5.01. The average molecular weight is 169 g/mol. The fraction of sp³-hybridized carbons (Fsp3) is 0.429. The maximum absolute atomic E-state index is 5.01. The predicted molar refractivity (Wildman–Crippen MR) is 48.8 cm³/mol. The summed E-state index contributed by atoms with van der Waals surface area (Å²) in [5.41, 5.74) is 2.04. The molecular weight excluding hydrogens is 158 g/mol. The van der Waals surface area contributed by atoms with Crippen molar-refractivity contribution < 1.29 is 0 Å². The highest BCUT2D eigenvalue weighted by molar-refractivity contribution is 7.80. The van der Waals surface area contributed by atoms with E-state index in [1.807, 2.05) is 19.9 Å². The molecule has 0 fully saturated rings. The second-order valence-corrected chi connectivity index (χ2v) is 2.78. The topological polar surface area (TPSA) is 29.9 Å². The van der Waals surface area contributed by atoms with E-state index in [0.29, 0.717) is 5.11 Å². The largest absolute Gasteiger partial charge is 0.364 e. The van der Waals surface area contributed by atoms with Gasteiger partial charge >= 0.3 is 0 Å². The highest BCUT2D eigenvalue weighted by atomic mass is 32.1. The van der Waals surface area contributed by atoms with Crippen molar-refractivity contribution in [3.63, 3.8) is 0 Å². The van der Waals surface area contributed by atoms with Gasteiger partial charge in [-0.25, -0.2) is 4.68 Å². The summed E-state index contributed by atoms with van der Waals surface area (Å²) < 4.78 is 1.71. The van der Waals surface area contributed by atoms with Gasteiger partial charge in [0.05, 0.1) is 5.69 Å². The molecule has 0 saturated carbocycles. The average Bonchev–Trinajstić information content (AvgIpc) is 2.28. The van der Waals surface area contributed by atoms with Crippen LogP contribution in [-0.4, -0.2) is 21.9 Å². The molecule has 3 nitrogen and oxygen atoms in total. The molecule has 0 unspecified atom stereocenters. The SMILES string of the molecule is CNC(=S)n1nc(C)cc1C. The van der Waals surface area contributed by atoms with Crippen molar-refractivity contribution in [2.24, 2.45) is 0 Å². The third-order valence-electron chi connectivity index (χ3n) is 1.42. The van der Waals surface area contributed by atoms with Gasteiger partial charge in [-0.3, -0.25) is 0 Å². The Morgan fingerprint density at radius 1 is 1.64 bits per heavy atom. The van der Waals surface area contributed by atoms with Crippen molar-refractivity contribution in [3.8, 4) is 0 Å². The van der Waals surface area contributed by atoms with Crippen molar-refractivity contribution in [2.45, 2.75) is 13.8 Å². The zero-order chi connectivity index (χ0) is 8.43. The summed E-state index contributed by atoms with van der Waals surface area (Å²) in [6, 6.07) is 1.99. The molecule has 0 spiro atoms. The minimum atomic E-state index is 0.635. The molecule has 0 atom stereocenters. The van der Waals surface area contributed by atoms with Crippen LogP contribution in [0.5, 0.6) is 0 Å². The Labute approximate surface area is 71.4 Å². The third-order valence-corrected chi connectivity index (χ3v) is 1.79. The molecule has 0 aliphatic rings. The molecule has 1 aromatic rings. The normalized spacial score (nSPS) is 9.73. The van der Waals surface area contributed by atoms with Crippen LogP contribution in [0, 0.1) is 13.8 Å². The van der Waals surface area contributed by atoms with Crippen LogP contribution in [0.2, 0.25) is 0 Å². The number of rotatable bonds is 0. The lowest BCUT2D eigenvalue weighted by Crippen LogP contribution is -2.26. The van der Waals surface area contributed by atoms with Gasteiger partial charge < -0.3 is 5.32 Å². The zero-order valence-corrected chi connectivity index (χ0v) is 7.70. The van der Waals surface area contributed by atoms with Crippen molar-refractivity contribution in [1.82, 2.24) is 15.1 Å². The molecule has 11 heavy (non-hydrogen) atoms. The Morgan fingerprint density at radius 3 is 2.64 bits per heavy atom. The van der Waals surface area contributed by atoms with Crippen LogP contribution in [0.25, 0.3) is 0 Å². The van der Waals surface area contributed by atoms with E-state index in [-0.39, 0.29) is 0 Å². The molecule has 0 aromatic carbocycles. The molecule has 60 valence electrons. The Balaban J connectivity index is 3.03. The number of aromatic nitrogens is 2. The second-order valence-electron chi connectivity index (χ2n) is 2.39. The highest BCUT2D eigenvalue weighted by Gasteiger charge is 2.02. The number of thiocarbonyl (C=S) groups is 1. The van der Waals surface area contributed by atoms with Crippen LogP contribution < -0.4 is 5.32 Å². The molecule has 0 saturated heterocycles. The quantitative estimate of drug-likeness (QED) is 0.584. The van der Waals surface area contributed by atoms with E-state index in [9.17, 15) is 0 Å². The first-order chi connectivity index (χ1) is 5.15. The highest BCUT2D eigenvalue weighted by Crippen LogP contribution is 2.00. The van der Waals surface area contributed by atoms with Crippen molar-refractivity contribution in [1.29, 1.82) is 0 Å². The molecule has 1 aromatic heterocycles. The molecule has 1 N–H and O–H groups in total. The first-order valence-electron chi connectivity index (χ1n) is 3.40. The van der Waals surface area contributed by atoms with E-state index in [4.69, 9.17) is 12.2 Å². The molecule has 0 radical (unpaired) electrons. The van der Waals surface area contributed by atoms with Gasteiger partial charge in [0.25, 0.3) is 0 Å². The molecule has 4 heteroatoms. The van der Waals surface area contributed by atoms with Gasteiger partial charge in [0, 0.05) is 12.7 Å². The van der Waals surface area contributed by atoms with Gasteiger partial charge in [0.2, 0.25) is 0 Å². The van der Waals surface area contributed by atoms with Crippen molar-refractivity contribution >= 4 is 17.3 Å². The Hall–Kier alpha value is -0.900. The lowest BCUT2D eigenvalue weighted by molar-refractivity contribution is 0.859. The summed E-state index contributed by atoms with van der Waals surface area (Å²) in [4.78, 5) is 0. The smallest absolute Gasteiger partial charge is 0.193 e. The van der Waals surface area contributed by atoms with Gasteiger partial charge in [-0.15, -0.1) is 0 Å². The fourth-order valence-electron chi connectivity index (χ4n) is 0.940. The van der Waals surface area contributed by atoms with Gasteiger partial charge in [0.15, 0.2) is 5.11 Å². The van der Waals surface area contributed by atoms with E-state index in [0.717, 1.165) is 11.4 Å². The van der Waals surface area contributed by atoms with Gasteiger partial charge in [-0.05, 0) is 32.1 Å². The second kappa shape index (κ2) is 3.00. The lowest BCUT2D eigenvalue weighted by Gasteiger charge is -2.03. The minimum Gasteiger partial charge on any atom is -0.364 e. The molecule has 1 rings (SSSR count). The predicted octanol–water partition coefficient (Wildman–Crippen LogP) is 0.852. The lowest BCUT2D eigenvalue weighted by atomic mass is 10.4. The van der Waals surface area contributed by atoms with Crippen LogP contribution >= 0.6 is 12.2 Å². The first-order valence-corrected chi connectivity index (χ1v) is 3.81. The zero-order valence-electron chi connectivity index (χ0n) is 6.88. The van der Waals surface area contributed by atoms with Crippen molar-refractivity contribution in [2.75, 3.05) is 7.05 Å². The van der Waals surface area contributed by atoms with Gasteiger partial charge in [-0.1, -0.05) is 0 Å². The molecular formula is C7H11N3S. The Morgan fingerprint density at radius 2 is 2.27 bits per heavy atom. The van der Waals surface area contributed by atoms with Crippen LogP contribution in [0.3, 0.4) is 0 Å². The van der Waals surface area contributed by atoms with Crippen LogP contribution in [0.15, 0.2) is 6.07 Å². The summed E-state index contributed by atoms with van der Waals surface area (Å²) in [5, 5.41) is 7.70.